The number of hydrogen-bond donors (Lipinski definition) is 1. The minimum absolute atomic E-state index is 0.119. The van der Waals surface area contributed by atoms with E-state index in [0.717, 1.165) is 29.9 Å². The third kappa shape index (κ3) is 5.90. The number of hydrogen-bond acceptors (Lipinski definition) is 4. The number of nitrogens with zero attached hydrogens (tertiary/aromatic N) is 2. The van der Waals surface area contributed by atoms with Crippen LogP contribution in [0.5, 0.6) is 0 Å². The average molecular weight is 414 g/mol. The van der Waals surface area contributed by atoms with E-state index < -0.39 is 10.8 Å². The van der Waals surface area contributed by atoms with Crippen molar-refractivity contribution in [2.45, 2.75) is 13.8 Å². The van der Waals surface area contributed by atoms with E-state index in [1.54, 1.807) is 4.90 Å². The highest BCUT2D eigenvalue weighted by molar-refractivity contribution is 7.86. The van der Waals surface area contributed by atoms with Crippen molar-refractivity contribution in [1.29, 1.82) is 0 Å². The molecule has 2 amide bonds. The first-order valence-electron chi connectivity index (χ1n) is 9.72. The quantitative estimate of drug-likeness (QED) is 0.789. The van der Waals surface area contributed by atoms with Crippen molar-refractivity contribution in [3.63, 3.8) is 0 Å². The lowest BCUT2D eigenvalue weighted by Gasteiger charge is -2.36. The van der Waals surface area contributed by atoms with Gasteiger partial charge in [-0.05, 0) is 49.2 Å². The number of benzene rings is 2. The van der Waals surface area contributed by atoms with Crippen LogP contribution in [0.3, 0.4) is 0 Å². The summed E-state index contributed by atoms with van der Waals surface area (Å²) in [5.41, 5.74) is 4.04. The molecular weight excluding hydrogens is 386 g/mol. The zero-order valence-corrected chi connectivity index (χ0v) is 17.7. The van der Waals surface area contributed by atoms with Crippen LogP contribution in [0.25, 0.3) is 0 Å². The molecule has 3 rings (SSSR count). The third-order valence-electron chi connectivity index (χ3n) is 5.12. The Morgan fingerprint density at radius 2 is 1.62 bits per heavy atom. The lowest BCUT2D eigenvalue weighted by molar-refractivity contribution is -0.128. The smallest absolute Gasteiger partial charge is 0.237 e. The number of nitrogens with one attached hydrogen (secondary N) is 1. The number of aryl methyl sites for hydroxylation is 2. The molecule has 1 N–H and O–H groups in total. The van der Waals surface area contributed by atoms with Gasteiger partial charge in [0.15, 0.2) is 0 Å². The predicted molar refractivity (Wildman–Crippen MR) is 118 cm³/mol. The highest BCUT2D eigenvalue weighted by atomic mass is 32.2. The lowest BCUT2D eigenvalue weighted by Crippen LogP contribution is -2.50. The second kappa shape index (κ2) is 9.69. The second-order valence-corrected chi connectivity index (χ2v) is 8.74. The van der Waals surface area contributed by atoms with E-state index >= 15 is 0 Å². The fourth-order valence-corrected chi connectivity index (χ4v) is 4.22. The zero-order valence-electron chi connectivity index (χ0n) is 16.9. The van der Waals surface area contributed by atoms with Crippen LogP contribution in [0, 0.1) is 13.8 Å². The molecule has 1 unspecified atom stereocenters. The number of para-hydroxylation sites is 1. The topological polar surface area (TPSA) is 69.7 Å². The van der Waals surface area contributed by atoms with Crippen LogP contribution in [0.15, 0.2) is 48.5 Å². The summed E-state index contributed by atoms with van der Waals surface area (Å²) in [6, 6.07) is 15.7. The van der Waals surface area contributed by atoms with Crippen molar-refractivity contribution < 1.29 is 13.8 Å². The highest BCUT2D eigenvalue weighted by Crippen LogP contribution is 2.16. The first-order chi connectivity index (χ1) is 13.9. The summed E-state index contributed by atoms with van der Waals surface area (Å²) in [6.07, 6.45) is 0. The van der Waals surface area contributed by atoms with Gasteiger partial charge >= 0.3 is 0 Å². The summed E-state index contributed by atoms with van der Waals surface area (Å²) in [4.78, 5) is 28.6. The van der Waals surface area contributed by atoms with Gasteiger partial charge in [-0.15, -0.1) is 0 Å². The van der Waals surface area contributed by atoms with Gasteiger partial charge in [0.1, 0.15) is 11.5 Å². The van der Waals surface area contributed by atoms with E-state index in [0.29, 0.717) is 18.8 Å². The summed E-state index contributed by atoms with van der Waals surface area (Å²) in [7, 11) is -1.53. The number of anilines is 2. The van der Waals surface area contributed by atoms with Crippen LogP contribution in [-0.2, 0) is 20.4 Å². The van der Waals surface area contributed by atoms with E-state index in [-0.39, 0.29) is 23.3 Å². The van der Waals surface area contributed by atoms with Gasteiger partial charge in [-0.25, -0.2) is 0 Å². The highest BCUT2D eigenvalue weighted by Gasteiger charge is 2.23. The van der Waals surface area contributed by atoms with Gasteiger partial charge in [0, 0.05) is 48.4 Å². The van der Waals surface area contributed by atoms with Gasteiger partial charge in [0.25, 0.3) is 0 Å². The number of piperazine rings is 1. The van der Waals surface area contributed by atoms with Gasteiger partial charge in [-0.3, -0.25) is 13.8 Å². The first-order valence-corrected chi connectivity index (χ1v) is 11.2. The molecule has 0 spiro atoms. The van der Waals surface area contributed by atoms with Gasteiger partial charge in [-0.2, -0.15) is 0 Å². The molecule has 154 valence electrons. The van der Waals surface area contributed by atoms with Gasteiger partial charge in [0.05, 0.1) is 0 Å². The second-order valence-electron chi connectivity index (χ2n) is 7.28. The average Bonchev–Trinajstić information content (AvgIpc) is 2.71. The largest absolute Gasteiger partial charge is 0.368 e. The molecule has 2 aromatic carbocycles. The molecule has 0 saturated carbocycles. The Hall–Kier alpha value is -2.67. The summed E-state index contributed by atoms with van der Waals surface area (Å²) in [5, 5.41) is 2.75. The van der Waals surface area contributed by atoms with Crippen LogP contribution in [0.4, 0.5) is 11.4 Å². The molecule has 1 aliphatic rings. The molecule has 7 heteroatoms. The first kappa shape index (κ1) is 21.0. The number of carbonyl (C=O) groups excluding carboxylic acids is 2. The van der Waals surface area contributed by atoms with E-state index in [2.05, 4.69) is 22.3 Å². The SMILES string of the molecule is Cc1ccc(NC(=O)CS(=O)CC(=O)N2CCN(c3ccccc3)CC2)cc1C. The molecular formula is C22H27N3O3S. The Bertz CT molecular complexity index is 893. The molecule has 1 aliphatic heterocycles. The van der Waals surface area contributed by atoms with Crippen LogP contribution >= 0.6 is 0 Å². The van der Waals surface area contributed by atoms with Crippen molar-refractivity contribution in [3.8, 4) is 0 Å². The summed E-state index contributed by atoms with van der Waals surface area (Å²) < 4.78 is 12.3. The Morgan fingerprint density at radius 3 is 2.28 bits per heavy atom. The predicted octanol–water partition coefficient (Wildman–Crippen LogP) is 2.34. The molecule has 0 aliphatic carbocycles. The van der Waals surface area contributed by atoms with Gasteiger partial charge < -0.3 is 15.1 Å². The number of amides is 2. The Morgan fingerprint density at radius 1 is 0.931 bits per heavy atom. The molecule has 1 atom stereocenters. The minimum atomic E-state index is -1.53. The van der Waals surface area contributed by atoms with Crippen molar-refractivity contribution in [2.24, 2.45) is 0 Å². The van der Waals surface area contributed by atoms with Gasteiger partial charge in [-0.1, -0.05) is 24.3 Å². The fourth-order valence-electron chi connectivity index (χ4n) is 3.30. The molecule has 0 bridgehead atoms. The summed E-state index contributed by atoms with van der Waals surface area (Å²) in [5.74, 6) is -0.794. The normalized spacial score (nSPS) is 15.1. The maximum Gasteiger partial charge on any atom is 0.237 e. The fraction of sp³-hybridized carbons (Fsp3) is 0.364. The minimum Gasteiger partial charge on any atom is -0.368 e. The van der Waals surface area contributed by atoms with Crippen molar-refractivity contribution in [1.82, 2.24) is 4.90 Å². The Labute approximate surface area is 174 Å². The molecule has 29 heavy (non-hydrogen) atoms. The van der Waals surface area contributed by atoms with E-state index in [1.807, 2.05) is 50.2 Å². The van der Waals surface area contributed by atoms with Crippen molar-refractivity contribution >= 4 is 34.0 Å². The molecule has 2 aromatic rings. The maximum absolute atomic E-state index is 12.5. The van der Waals surface area contributed by atoms with E-state index in [9.17, 15) is 13.8 Å². The standard InChI is InChI=1S/C22H27N3O3S/c1-17-8-9-19(14-18(17)2)23-21(26)15-29(28)16-22(27)25-12-10-24(11-13-25)20-6-4-3-5-7-20/h3-9,14H,10-13,15-16H2,1-2H3,(H,23,26). The Kier molecular flexibility index (Phi) is 7.04. The summed E-state index contributed by atoms with van der Waals surface area (Å²) in [6.45, 7) is 6.66. The molecule has 6 nitrogen and oxygen atoms in total. The van der Waals surface area contributed by atoms with Crippen LogP contribution < -0.4 is 10.2 Å². The van der Waals surface area contributed by atoms with Crippen LogP contribution in [0.1, 0.15) is 11.1 Å². The van der Waals surface area contributed by atoms with Crippen LogP contribution in [0.2, 0.25) is 0 Å². The lowest BCUT2D eigenvalue weighted by atomic mass is 10.1. The third-order valence-corrected chi connectivity index (χ3v) is 6.27. The van der Waals surface area contributed by atoms with Crippen molar-refractivity contribution in [2.75, 3.05) is 47.9 Å². The molecule has 1 saturated heterocycles. The number of rotatable bonds is 6. The summed E-state index contributed by atoms with van der Waals surface area (Å²) >= 11 is 0. The number of carbonyl (C=O) groups is 2. The molecule has 1 heterocycles. The molecule has 0 aromatic heterocycles. The van der Waals surface area contributed by atoms with Crippen LogP contribution in [-0.4, -0.2) is 58.6 Å². The van der Waals surface area contributed by atoms with Crippen molar-refractivity contribution in [3.05, 3.63) is 59.7 Å². The van der Waals surface area contributed by atoms with Gasteiger partial charge in [0.2, 0.25) is 11.8 Å². The zero-order chi connectivity index (χ0) is 20.8. The maximum atomic E-state index is 12.5. The Balaban J connectivity index is 1.44. The van der Waals surface area contributed by atoms with E-state index in [4.69, 9.17) is 0 Å². The van der Waals surface area contributed by atoms with E-state index in [1.165, 1.54) is 0 Å². The monoisotopic (exact) mass is 413 g/mol. The molecule has 1 fully saturated rings. The molecule has 0 radical (unpaired) electrons.